The summed E-state index contributed by atoms with van der Waals surface area (Å²) in [6, 6.07) is 7.88. The van der Waals surface area contributed by atoms with Crippen LogP contribution in [-0.4, -0.2) is 10.9 Å². The van der Waals surface area contributed by atoms with Gasteiger partial charge in [-0.1, -0.05) is 18.2 Å². The van der Waals surface area contributed by atoms with Crippen molar-refractivity contribution < 1.29 is 0 Å². The lowest BCUT2D eigenvalue weighted by molar-refractivity contribution is 0.773. The van der Waals surface area contributed by atoms with Crippen LogP contribution >= 0.6 is 0 Å². The molecule has 1 unspecified atom stereocenters. The number of nitrogens with two attached hydrogens (primary N) is 1. The van der Waals surface area contributed by atoms with Crippen molar-refractivity contribution in [2.24, 2.45) is 16.0 Å². The van der Waals surface area contributed by atoms with Crippen LogP contribution < -0.4 is 5.73 Å². The van der Waals surface area contributed by atoms with Crippen molar-refractivity contribution in [1.82, 2.24) is 4.98 Å². The summed E-state index contributed by atoms with van der Waals surface area (Å²) in [6.07, 6.45) is 1.91. The van der Waals surface area contributed by atoms with Gasteiger partial charge in [-0.2, -0.15) is 5.11 Å². The van der Waals surface area contributed by atoms with E-state index in [0.29, 0.717) is 0 Å². The molecule has 0 saturated carbocycles. The molecule has 0 bridgehead atoms. The van der Waals surface area contributed by atoms with Crippen molar-refractivity contribution in [3.63, 3.8) is 0 Å². The largest absolute Gasteiger partial charge is 0.367 e. The van der Waals surface area contributed by atoms with Crippen molar-refractivity contribution in [1.29, 1.82) is 5.41 Å². The second-order valence-corrected chi connectivity index (χ2v) is 3.57. The monoisotopic (exact) mass is 215 g/mol. The van der Waals surface area contributed by atoms with E-state index in [1.165, 1.54) is 0 Å². The Morgan fingerprint density at radius 2 is 2.19 bits per heavy atom. The molecule has 0 amide bonds. The van der Waals surface area contributed by atoms with Gasteiger partial charge in [0, 0.05) is 22.7 Å². The normalized spacial score (nSPS) is 13.3. The summed E-state index contributed by atoms with van der Waals surface area (Å²) < 4.78 is 0. The summed E-state index contributed by atoms with van der Waals surface area (Å²) in [7, 11) is 0. The second-order valence-electron chi connectivity index (χ2n) is 3.57. The third kappa shape index (κ3) is 1.93. The van der Waals surface area contributed by atoms with E-state index in [1.807, 2.05) is 37.4 Å². The molecular weight excluding hydrogens is 202 g/mol. The Bertz CT molecular complexity index is 540. The SMILES string of the molecule is CC(N=NC(=N)N)c1c[nH]c2ccccc12. The first-order chi connectivity index (χ1) is 7.68. The highest BCUT2D eigenvalue weighted by molar-refractivity contribution is 5.83. The molecule has 0 fully saturated rings. The molecule has 16 heavy (non-hydrogen) atoms. The number of aromatic amines is 1. The van der Waals surface area contributed by atoms with Gasteiger partial charge in [-0.15, -0.1) is 5.11 Å². The molecule has 1 heterocycles. The van der Waals surface area contributed by atoms with Gasteiger partial charge in [-0.3, -0.25) is 5.41 Å². The van der Waals surface area contributed by atoms with Crippen LogP contribution in [0.1, 0.15) is 18.5 Å². The standard InChI is InChI=1S/C11H13N5/c1-7(15-16-11(12)13)9-6-14-10-5-3-2-4-8(9)10/h2-7,14H,1H3,(H3,12,13). The summed E-state index contributed by atoms with van der Waals surface area (Å²) in [5, 5.41) is 15.6. The number of nitrogens with one attached hydrogen (secondary N) is 2. The van der Waals surface area contributed by atoms with Crippen molar-refractivity contribution in [2.45, 2.75) is 13.0 Å². The fourth-order valence-corrected chi connectivity index (χ4v) is 1.65. The number of azo groups is 1. The second kappa shape index (κ2) is 4.14. The van der Waals surface area contributed by atoms with Gasteiger partial charge in [-0.25, -0.2) is 0 Å². The average molecular weight is 215 g/mol. The number of aromatic nitrogens is 1. The molecule has 1 aromatic carbocycles. The maximum atomic E-state index is 6.99. The Morgan fingerprint density at radius 1 is 1.44 bits per heavy atom. The lowest BCUT2D eigenvalue weighted by Gasteiger charge is -2.02. The minimum atomic E-state index is -0.272. The van der Waals surface area contributed by atoms with Crippen molar-refractivity contribution >= 4 is 16.9 Å². The molecule has 0 aliphatic carbocycles. The molecule has 0 saturated heterocycles. The lowest BCUT2D eigenvalue weighted by atomic mass is 10.1. The van der Waals surface area contributed by atoms with Gasteiger partial charge in [0.1, 0.15) is 0 Å². The first kappa shape index (κ1) is 10.4. The smallest absolute Gasteiger partial charge is 0.232 e. The summed E-state index contributed by atoms with van der Waals surface area (Å²) in [5.41, 5.74) is 7.25. The van der Waals surface area contributed by atoms with E-state index >= 15 is 0 Å². The Hall–Kier alpha value is -2.17. The van der Waals surface area contributed by atoms with Gasteiger partial charge < -0.3 is 10.7 Å². The van der Waals surface area contributed by atoms with E-state index in [1.54, 1.807) is 0 Å². The molecule has 0 radical (unpaired) electrons. The summed E-state index contributed by atoms with van der Waals surface area (Å²) in [5.74, 6) is -0.272. The number of hydrogen-bond donors (Lipinski definition) is 3. The maximum absolute atomic E-state index is 6.99. The van der Waals surface area contributed by atoms with Crippen LogP contribution in [0.2, 0.25) is 0 Å². The predicted molar refractivity (Wildman–Crippen MR) is 63.5 cm³/mol. The van der Waals surface area contributed by atoms with E-state index in [2.05, 4.69) is 15.2 Å². The molecule has 0 aliphatic heterocycles. The molecular formula is C11H13N5. The molecule has 2 aromatic rings. The summed E-state index contributed by atoms with van der Waals surface area (Å²) >= 11 is 0. The number of benzene rings is 1. The van der Waals surface area contributed by atoms with E-state index in [-0.39, 0.29) is 12.0 Å². The third-order valence-corrected chi connectivity index (χ3v) is 2.41. The molecule has 2 rings (SSSR count). The Balaban J connectivity index is 2.36. The van der Waals surface area contributed by atoms with Crippen LogP contribution in [0.25, 0.3) is 10.9 Å². The van der Waals surface area contributed by atoms with Crippen LogP contribution in [0.4, 0.5) is 0 Å². The van der Waals surface area contributed by atoms with Crippen LogP contribution in [0.15, 0.2) is 40.7 Å². The molecule has 5 heteroatoms. The minimum Gasteiger partial charge on any atom is -0.367 e. The van der Waals surface area contributed by atoms with Crippen LogP contribution in [0.3, 0.4) is 0 Å². The zero-order valence-corrected chi connectivity index (χ0v) is 8.94. The van der Waals surface area contributed by atoms with Crippen LogP contribution in [0.5, 0.6) is 0 Å². The number of nitrogens with zero attached hydrogens (tertiary/aromatic N) is 2. The molecule has 1 aromatic heterocycles. The maximum Gasteiger partial charge on any atom is 0.232 e. The Morgan fingerprint density at radius 3 is 2.94 bits per heavy atom. The zero-order chi connectivity index (χ0) is 11.5. The van der Waals surface area contributed by atoms with E-state index in [9.17, 15) is 0 Å². The van der Waals surface area contributed by atoms with Crippen molar-refractivity contribution in [3.8, 4) is 0 Å². The first-order valence-corrected chi connectivity index (χ1v) is 4.99. The number of H-pyrrole nitrogens is 1. The van der Waals surface area contributed by atoms with E-state index in [4.69, 9.17) is 11.1 Å². The summed E-state index contributed by atoms with van der Waals surface area (Å²) in [6.45, 7) is 1.92. The molecule has 4 N–H and O–H groups in total. The quantitative estimate of drug-likeness (QED) is 0.401. The number of hydrogen-bond acceptors (Lipinski definition) is 2. The topological polar surface area (TPSA) is 90.4 Å². The van der Waals surface area contributed by atoms with Crippen molar-refractivity contribution in [3.05, 3.63) is 36.0 Å². The molecule has 1 atom stereocenters. The van der Waals surface area contributed by atoms with Gasteiger partial charge in [0.25, 0.3) is 0 Å². The Kier molecular flexibility index (Phi) is 2.68. The van der Waals surface area contributed by atoms with E-state index in [0.717, 1.165) is 16.5 Å². The fraction of sp³-hybridized carbons (Fsp3) is 0.182. The van der Waals surface area contributed by atoms with Crippen LogP contribution in [0, 0.1) is 5.41 Å². The van der Waals surface area contributed by atoms with Gasteiger partial charge in [0.15, 0.2) is 0 Å². The fourth-order valence-electron chi connectivity index (χ4n) is 1.65. The highest BCUT2D eigenvalue weighted by Crippen LogP contribution is 2.26. The number of para-hydroxylation sites is 1. The number of rotatable bonds is 2. The average Bonchev–Trinajstić information content (AvgIpc) is 2.69. The number of fused-ring (bicyclic) bond motifs is 1. The van der Waals surface area contributed by atoms with Gasteiger partial charge >= 0.3 is 0 Å². The highest BCUT2D eigenvalue weighted by Gasteiger charge is 2.09. The lowest BCUT2D eigenvalue weighted by Crippen LogP contribution is -2.04. The zero-order valence-electron chi connectivity index (χ0n) is 8.94. The molecule has 82 valence electrons. The van der Waals surface area contributed by atoms with Crippen LogP contribution in [-0.2, 0) is 0 Å². The molecule has 5 nitrogen and oxygen atoms in total. The van der Waals surface area contributed by atoms with Gasteiger partial charge in [0.05, 0.1) is 6.04 Å². The van der Waals surface area contributed by atoms with Gasteiger partial charge in [-0.05, 0) is 13.0 Å². The van der Waals surface area contributed by atoms with Crippen molar-refractivity contribution in [2.75, 3.05) is 0 Å². The van der Waals surface area contributed by atoms with Gasteiger partial charge in [0.2, 0.25) is 5.96 Å². The Labute approximate surface area is 92.9 Å². The first-order valence-electron chi connectivity index (χ1n) is 4.99. The third-order valence-electron chi connectivity index (χ3n) is 2.41. The van der Waals surface area contributed by atoms with E-state index < -0.39 is 0 Å². The predicted octanol–water partition coefficient (Wildman–Crippen LogP) is 2.57. The minimum absolute atomic E-state index is 0.111. The molecule has 0 spiro atoms. The number of guanidine groups is 1. The summed E-state index contributed by atoms with van der Waals surface area (Å²) in [4.78, 5) is 3.17. The molecule has 0 aliphatic rings. The highest BCUT2D eigenvalue weighted by atomic mass is 15.2.